The number of hydrogen-bond donors (Lipinski definition) is 1. The molecule has 6 heteroatoms. The van der Waals surface area contributed by atoms with Gasteiger partial charge in [0.2, 0.25) is 0 Å². The van der Waals surface area contributed by atoms with Crippen LogP contribution < -0.4 is 5.32 Å². The van der Waals surface area contributed by atoms with Crippen molar-refractivity contribution < 1.29 is 19.1 Å². The molecule has 1 fully saturated rings. The van der Waals surface area contributed by atoms with Crippen LogP contribution in [0.1, 0.15) is 13.3 Å². The minimum Gasteiger partial charge on any atom is -0.467 e. The Balaban J connectivity index is 2.68. The summed E-state index contributed by atoms with van der Waals surface area (Å²) < 4.78 is 9.67. The van der Waals surface area contributed by atoms with Gasteiger partial charge in [-0.1, -0.05) is 19.6 Å². The van der Waals surface area contributed by atoms with E-state index in [1.165, 1.54) is 18.1 Å². The topological polar surface area (TPSA) is 67.9 Å². The number of likely N-dealkylation sites (N-methyl/N-ethyl adjacent to an activating group) is 1. The number of methoxy groups -OCH3 is 1. The highest BCUT2D eigenvalue weighted by atomic mass is 16.6. The molecule has 0 unspecified atom stereocenters. The minimum absolute atomic E-state index is 0.0929. The van der Waals surface area contributed by atoms with Crippen molar-refractivity contribution in [2.75, 3.05) is 26.8 Å². The molecule has 1 rings (SSSR count). The van der Waals surface area contributed by atoms with Gasteiger partial charge in [0.25, 0.3) is 0 Å². The second kappa shape index (κ2) is 7.00. The van der Waals surface area contributed by atoms with Crippen LogP contribution >= 0.6 is 0 Å². The molecule has 6 nitrogen and oxygen atoms in total. The Hall–Kier alpha value is -1.56. The third-order valence-electron chi connectivity index (χ3n) is 2.83. The minimum atomic E-state index is -0.573. The Morgan fingerprint density at radius 2 is 2.28 bits per heavy atom. The van der Waals surface area contributed by atoms with E-state index in [0.29, 0.717) is 13.0 Å². The van der Waals surface area contributed by atoms with Crippen molar-refractivity contribution in [3.63, 3.8) is 0 Å². The van der Waals surface area contributed by atoms with Crippen LogP contribution in [0.4, 0.5) is 4.79 Å². The van der Waals surface area contributed by atoms with E-state index in [1.54, 1.807) is 0 Å². The summed E-state index contributed by atoms with van der Waals surface area (Å²) in [4.78, 5) is 24.8. The fraction of sp³-hybridized carbons (Fsp3) is 0.667. The first kappa shape index (κ1) is 14.5. The van der Waals surface area contributed by atoms with E-state index in [0.717, 1.165) is 6.54 Å². The van der Waals surface area contributed by atoms with Gasteiger partial charge in [0.15, 0.2) is 0 Å². The first-order chi connectivity index (χ1) is 8.63. The molecule has 0 bridgehead atoms. The van der Waals surface area contributed by atoms with Crippen LogP contribution in [0.15, 0.2) is 12.7 Å². The highest BCUT2D eigenvalue weighted by Crippen LogP contribution is 2.20. The number of likely N-dealkylation sites (tertiary alicyclic amines) is 1. The molecule has 0 aromatic rings. The normalized spacial score (nSPS) is 22.7. The van der Waals surface area contributed by atoms with Crippen LogP contribution in [0.25, 0.3) is 0 Å². The first-order valence-corrected chi connectivity index (χ1v) is 5.99. The van der Waals surface area contributed by atoms with Gasteiger partial charge in [-0.3, -0.25) is 4.90 Å². The molecule has 2 atom stereocenters. The molecule has 0 aromatic heterocycles. The van der Waals surface area contributed by atoms with Gasteiger partial charge < -0.3 is 14.8 Å². The molecule has 102 valence electrons. The number of amides is 1. The maximum Gasteiger partial charge on any atom is 0.410 e. The molecule has 1 N–H and O–H groups in total. The van der Waals surface area contributed by atoms with Crippen LogP contribution in [-0.4, -0.2) is 55.9 Å². The smallest absolute Gasteiger partial charge is 0.410 e. The zero-order chi connectivity index (χ0) is 13.5. The van der Waals surface area contributed by atoms with Crippen molar-refractivity contribution >= 4 is 12.1 Å². The molecule has 0 saturated carbocycles. The predicted octanol–water partition coefficient (Wildman–Crippen LogP) is 0.534. The number of esters is 1. The molecular weight excluding hydrogens is 236 g/mol. The fourth-order valence-electron chi connectivity index (χ4n) is 2.05. The lowest BCUT2D eigenvalue weighted by molar-refractivity contribution is -0.145. The summed E-state index contributed by atoms with van der Waals surface area (Å²) in [6.07, 6.45) is 1.53. The third-order valence-corrected chi connectivity index (χ3v) is 2.83. The molecule has 1 aliphatic heterocycles. The van der Waals surface area contributed by atoms with Gasteiger partial charge in [-0.25, -0.2) is 9.59 Å². The highest BCUT2D eigenvalue weighted by molar-refractivity contribution is 5.82. The van der Waals surface area contributed by atoms with Crippen molar-refractivity contribution in [2.45, 2.75) is 25.4 Å². The van der Waals surface area contributed by atoms with Crippen molar-refractivity contribution in [2.24, 2.45) is 0 Å². The molecule has 1 amide bonds. The van der Waals surface area contributed by atoms with E-state index < -0.39 is 18.1 Å². The average molecular weight is 256 g/mol. The van der Waals surface area contributed by atoms with Crippen LogP contribution in [0.3, 0.4) is 0 Å². The van der Waals surface area contributed by atoms with Gasteiger partial charge in [-0.2, -0.15) is 0 Å². The third kappa shape index (κ3) is 3.46. The standard InChI is InChI=1S/C12H20N2O4/c1-4-6-18-12(16)14-8-9(13-5-2)7-10(14)11(15)17-3/h4,9-10,13H,1,5-8H2,2-3H3/t9-,10+/m1/s1. The number of carbonyl (C=O) groups excluding carboxylic acids is 2. The first-order valence-electron chi connectivity index (χ1n) is 5.99. The Bertz CT molecular complexity index is 319. The summed E-state index contributed by atoms with van der Waals surface area (Å²) in [5, 5.41) is 3.22. The van der Waals surface area contributed by atoms with Crippen molar-refractivity contribution in [3.05, 3.63) is 12.7 Å². The van der Waals surface area contributed by atoms with Crippen molar-refractivity contribution in [3.8, 4) is 0 Å². The van der Waals surface area contributed by atoms with E-state index in [2.05, 4.69) is 11.9 Å². The van der Waals surface area contributed by atoms with Crippen LogP contribution in [0.2, 0.25) is 0 Å². The molecule has 1 heterocycles. The lowest BCUT2D eigenvalue weighted by Crippen LogP contribution is -2.41. The van der Waals surface area contributed by atoms with E-state index >= 15 is 0 Å². The zero-order valence-electron chi connectivity index (χ0n) is 10.8. The Morgan fingerprint density at radius 1 is 1.56 bits per heavy atom. The summed E-state index contributed by atoms with van der Waals surface area (Å²) in [6, 6.07) is -0.480. The predicted molar refractivity (Wildman–Crippen MR) is 66.1 cm³/mol. The number of nitrogens with one attached hydrogen (secondary N) is 1. The summed E-state index contributed by atoms with van der Waals surface area (Å²) >= 11 is 0. The van der Waals surface area contributed by atoms with Crippen LogP contribution in [0.5, 0.6) is 0 Å². The number of rotatable bonds is 5. The largest absolute Gasteiger partial charge is 0.467 e. The second-order valence-corrected chi connectivity index (χ2v) is 4.05. The zero-order valence-corrected chi connectivity index (χ0v) is 10.8. The van der Waals surface area contributed by atoms with Gasteiger partial charge in [0, 0.05) is 12.6 Å². The van der Waals surface area contributed by atoms with E-state index in [4.69, 9.17) is 9.47 Å². The number of ether oxygens (including phenoxy) is 2. The lowest BCUT2D eigenvalue weighted by Gasteiger charge is -2.21. The lowest BCUT2D eigenvalue weighted by atomic mass is 10.2. The summed E-state index contributed by atoms with van der Waals surface area (Å²) in [7, 11) is 1.32. The quantitative estimate of drug-likeness (QED) is 0.574. The van der Waals surface area contributed by atoms with E-state index in [1.807, 2.05) is 6.92 Å². The molecule has 0 aliphatic carbocycles. The molecule has 0 spiro atoms. The SMILES string of the molecule is C=CCOC(=O)N1C[C@H](NCC)C[C@H]1C(=O)OC. The molecular formula is C12H20N2O4. The van der Waals surface area contributed by atoms with Crippen molar-refractivity contribution in [1.82, 2.24) is 10.2 Å². The average Bonchev–Trinajstić information content (AvgIpc) is 2.79. The van der Waals surface area contributed by atoms with E-state index in [9.17, 15) is 9.59 Å². The Morgan fingerprint density at radius 3 is 2.83 bits per heavy atom. The Kier molecular flexibility index (Phi) is 5.64. The Labute approximate surface area is 107 Å². The van der Waals surface area contributed by atoms with Crippen LogP contribution in [0, 0.1) is 0 Å². The van der Waals surface area contributed by atoms with Crippen molar-refractivity contribution in [1.29, 1.82) is 0 Å². The number of nitrogens with zero attached hydrogens (tertiary/aromatic N) is 1. The molecule has 0 aromatic carbocycles. The number of hydrogen-bond acceptors (Lipinski definition) is 5. The monoisotopic (exact) mass is 256 g/mol. The second-order valence-electron chi connectivity index (χ2n) is 4.05. The fourth-order valence-corrected chi connectivity index (χ4v) is 2.05. The molecule has 1 aliphatic rings. The van der Waals surface area contributed by atoms with Gasteiger partial charge in [0.1, 0.15) is 12.6 Å². The maximum atomic E-state index is 11.8. The van der Waals surface area contributed by atoms with E-state index in [-0.39, 0.29) is 12.6 Å². The molecule has 0 radical (unpaired) electrons. The van der Waals surface area contributed by atoms with Crippen LogP contribution in [-0.2, 0) is 14.3 Å². The molecule has 1 saturated heterocycles. The van der Waals surface area contributed by atoms with Gasteiger partial charge >= 0.3 is 12.1 Å². The highest BCUT2D eigenvalue weighted by Gasteiger charge is 2.40. The van der Waals surface area contributed by atoms with Gasteiger partial charge in [0.05, 0.1) is 7.11 Å². The summed E-state index contributed by atoms with van der Waals surface area (Å²) in [5.41, 5.74) is 0. The van der Waals surface area contributed by atoms with Gasteiger partial charge in [-0.15, -0.1) is 0 Å². The van der Waals surface area contributed by atoms with Gasteiger partial charge in [-0.05, 0) is 13.0 Å². The number of carbonyl (C=O) groups is 2. The summed E-state index contributed by atoms with van der Waals surface area (Å²) in [5.74, 6) is -0.411. The molecule has 18 heavy (non-hydrogen) atoms. The maximum absolute atomic E-state index is 11.8. The summed E-state index contributed by atoms with van der Waals surface area (Å²) in [6.45, 7) is 6.82.